The van der Waals surface area contributed by atoms with Crippen molar-refractivity contribution in [2.24, 2.45) is 4.99 Å². The first-order chi connectivity index (χ1) is 9.22. The number of nitrogens with one attached hydrogen (secondary N) is 1. The van der Waals surface area contributed by atoms with E-state index in [-0.39, 0.29) is 5.25 Å². The average Bonchev–Trinajstić information content (AvgIpc) is 2.87. The van der Waals surface area contributed by atoms with Crippen molar-refractivity contribution in [3.05, 3.63) is 35.0 Å². The first-order valence-corrected chi connectivity index (χ1v) is 8.99. The van der Waals surface area contributed by atoms with Crippen LogP contribution in [0.2, 0.25) is 0 Å². The molecule has 0 spiro atoms. The van der Waals surface area contributed by atoms with Crippen molar-refractivity contribution in [3.8, 4) is 0 Å². The molecule has 1 aromatic heterocycles. The second kappa shape index (κ2) is 6.86. The van der Waals surface area contributed by atoms with Gasteiger partial charge in [-0.2, -0.15) is 13.1 Å². The first-order valence-electron chi connectivity index (χ1n) is 5.79. The van der Waals surface area contributed by atoms with Crippen LogP contribution in [0.25, 0.3) is 0 Å². The molecule has 5 nitrogen and oxygen atoms in total. The van der Waals surface area contributed by atoms with Crippen molar-refractivity contribution in [1.29, 1.82) is 0 Å². The molecular weight excluding hydrogens is 316 g/mol. The molecule has 0 saturated heterocycles. The van der Waals surface area contributed by atoms with Gasteiger partial charge in [-0.15, -0.1) is 29.7 Å². The molecule has 0 bridgehead atoms. The maximum Gasteiger partial charge on any atom is 0.334 e. The normalized spacial score (nSPS) is 17.5. The van der Waals surface area contributed by atoms with E-state index in [9.17, 15) is 8.42 Å². The van der Waals surface area contributed by atoms with Crippen LogP contribution in [-0.4, -0.2) is 35.9 Å². The molecule has 112 valence electrons. The van der Waals surface area contributed by atoms with Gasteiger partial charge < -0.3 is 0 Å². The summed E-state index contributed by atoms with van der Waals surface area (Å²) in [4.78, 5) is 5.25. The summed E-state index contributed by atoms with van der Waals surface area (Å²) in [6.07, 6.45) is 1.47. The molecule has 1 rings (SSSR count). The lowest BCUT2D eigenvalue weighted by Crippen LogP contribution is -2.50. The summed E-state index contributed by atoms with van der Waals surface area (Å²) in [5.74, 6) is 0. The zero-order valence-corrected chi connectivity index (χ0v) is 14.0. The van der Waals surface area contributed by atoms with E-state index in [0.29, 0.717) is 0 Å². The molecule has 2 N–H and O–H groups in total. The molecule has 8 heteroatoms. The van der Waals surface area contributed by atoms with Crippen LogP contribution >= 0.6 is 23.1 Å². The zero-order chi connectivity index (χ0) is 15.4. The quantitative estimate of drug-likeness (QED) is 0.363. The summed E-state index contributed by atoms with van der Waals surface area (Å²) in [5, 5.41) is 2.56. The number of aliphatic imine (C=N–C) groups is 1. The van der Waals surface area contributed by atoms with Gasteiger partial charge in [0.1, 0.15) is 5.04 Å². The highest BCUT2D eigenvalue weighted by molar-refractivity contribution is 8.15. The highest BCUT2D eigenvalue weighted by Crippen LogP contribution is 2.29. The molecular formula is C12H18N2O3S3. The van der Waals surface area contributed by atoms with E-state index in [1.54, 1.807) is 25.3 Å². The largest absolute Gasteiger partial charge is 0.334 e. The minimum absolute atomic E-state index is 0.206. The number of thiophene rings is 1. The van der Waals surface area contributed by atoms with E-state index in [1.807, 2.05) is 24.4 Å². The average molecular weight is 334 g/mol. The van der Waals surface area contributed by atoms with E-state index < -0.39 is 15.8 Å². The SMILES string of the molecule is C=CC(C)(NS(=O)(=O)O)[C@H](C)S/C(=N\C)c1cccs1. The Morgan fingerprint density at radius 2 is 2.35 bits per heavy atom. The first kappa shape index (κ1) is 17.4. The molecule has 0 aromatic carbocycles. The Kier molecular flexibility index (Phi) is 5.96. The summed E-state index contributed by atoms with van der Waals surface area (Å²) in [5.41, 5.74) is -0.981. The Hall–Kier alpha value is -0.670. The van der Waals surface area contributed by atoms with Crippen molar-refractivity contribution >= 4 is 38.4 Å². The standard InChI is InChI=1S/C12H18N2O3S3/c1-5-12(3,14-20(15,16)17)9(2)19-11(13-4)10-7-6-8-18-10/h5-9,14H,1H2,2-4H3,(H,15,16,17)/b13-11-/t9-,12?/m0/s1. The molecule has 1 heterocycles. The zero-order valence-electron chi connectivity index (χ0n) is 11.5. The minimum atomic E-state index is -4.31. The fourth-order valence-electron chi connectivity index (χ4n) is 1.48. The molecule has 0 aliphatic rings. The van der Waals surface area contributed by atoms with E-state index in [2.05, 4.69) is 16.3 Å². The van der Waals surface area contributed by atoms with Crippen LogP contribution in [0.1, 0.15) is 18.7 Å². The molecule has 1 unspecified atom stereocenters. The summed E-state index contributed by atoms with van der Waals surface area (Å²) in [6.45, 7) is 7.16. The van der Waals surface area contributed by atoms with Gasteiger partial charge in [-0.1, -0.05) is 19.1 Å². The molecule has 0 aliphatic heterocycles. The third kappa shape index (κ3) is 4.71. The molecule has 0 aliphatic carbocycles. The molecule has 2 atom stereocenters. The number of hydrogen-bond donors (Lipinski definition) is 2. The van der Waals surface area contributed by atoms with Gasteiger partial charge in [-0.05, 0) is 18.4 Å². The molecule has 0 amide bonds. The van der Waals surface area contributed by atoms with Gasteiger partial charge in [0.15, 0.2) is 0 Å². The molecule has 0 fully saturated rings. The fourth-order valence-corrected chi connectivity index (χ4v) is 4.34. The maximum atomic E-state index is 11.1. The second-order valence-electron chi connectivity index (χ2n) is 4.33. The van der Waals surface area contributed by atoms with E-state index in [0.717, 1.165) is 9.92 Å². The van der Waals surface area contributed by atoms with Gasteiger partial charge in [-0.3, -0.25) is 9.55 Å². The predicted molar refractivity (Wildman–Crippen MR) is 87.1 cm³/mol. The van der Waals surface area contributed by atoms with E-state index in [1.165, 1.54) is 17.8 Å². The summed E-state index contributed by atoms with van der Waals surface area (Å²) >= 11 is 2.99. The Bertz CT molecular complexity index is 581. The highest BCUT2D eigenvalue weighted by Gasteiger charge is 2.33. The van der Waals surface area contributed by atoms with Gasteiger partial charge in [0.2, 0.25) is 0 Å². The summed E-state index contributed by atoms with van der Waals surface area (Å²) in [6, 6.07) is 3.88. The van der Waals surface area contributed by atoms with Crippen molar-refractivity contribution in [3.63, 3.8) is 0 Å². The van der Waals surface area contributed by atoms with Crippen LogP contribution in [0.4, 0.5) is 0 Å². The lowest BCUT2D eigenvalue weighted by atomic mass is 10.0. The Balaban J connectivity index is 2.92. The predicted octanol–water partition coefficient (Wildman–Crippen LogP) is 2.58. The lowest BCUT2D eigenvalue weighted by Gasteiger charge is -2.31. The van der Waals surface area contributed by atoms with Gasteiger partial charge in [-0.25, -0.2) is 0 Å². The topological polar surface area (TPSA) is 78.8 Å². The fraction of sp³-hybridized carbons (Fsp3) is 0.417. The van der Waals surface area contributed by atoms with Crippen LogP contribution in [0.3, 0.4) is 0 Å². The molecule has 20 heavy (non-hydrogen) atoms. The number of rotatable bonds is 6. The van der Waals surface area contributed by atoms with Crippen molar-refractivity contribution < 1.29 is 13.0 Å². The summed E-state index contributed by atoms with van der Waals surface area (Å²) in [7, 11) is -2.62. The van der Waals surface area contributed by atoms with Crippen LogP contribution in [0, 0.1) is 0 Å². The van der Waals surface area contributed by atoms with Crippen LogP contribution < -0.4 is 4.72 Å². The smallest absolute Gasteiger partial charge is 0.280 e. The van der Waals surface area contributed by atoms with Crippen molar-refractivity contribution in [2.75, 3.05) is 7.05 Å². The lowest BCUT2D eigenvalue weighted by molar-refractivity contribution is 0.427. The van der Waals surface area contributed by atoms with Crippen LogP contribution in [-0.2, 0) is 10.3 Å². The molecule has 0 saturated carbocycles. The third-order valence-electron chi connectivity index (χ3n) is 2.84. The van der Waals surface area contributed by atoms with Gasteiger partial charge >= 0.3 is 10.3 Å². The maximum absolute atomic E-state index is 11.1. The monoisotopic (exact) mass is 334 g/mol. The van der Waals surface area contributed by atoms with Crippen molar-refractivity contribution in [2.45, 2.75) is 24.6 Å². The minimum Gasteiger partial charge on any atom is -0.280 e. The van der Waals surface area contributed by atoms with Gasteiger partial charge in [0.05, 0.1) is 10.4 Å². The van der Waals surface area contributed by atoms with E-state index in [4.69, 9.17) is 4.55 Å². The number of nitrogens with zero attached hydrogens (tertiary/aromatic N) is 1. The Morgan fingerprint density at radius 1 is 1.70 bits per heavy atom. The van der Waals surface area contributed by atoms with Crippen molar-refractivity contribution in [1.82, 2.24) is 4.72 Å². The molecule has 1 aromatic rings. The molecule has 0 radical (unpaired) electrons. The Labute approximate surface area is 128 Å². The van der Waals surface area contributed by atoms with Crippen LogP contribution in [0.5, 0.6) is 0 Å². The number of hydrogen-bond acceptors (Lipinski definition) is 5. The summed E-state index contributed by atoms with van der Waals surface area (Å²) < 4.78 is 33.3. The van der Waals surface area contributed by atoms with Crippen LogP contribution in [0.15, 0.2) is 35.2 Å². The van der Waals surface area contributed by atoms with Gasteiger partial charge in [0.25, 0.3) is 0 Å². The number of thioether (sulfide) groups is 1. The van der Waals surface area contributed by atoms with Gasteiger partial charge in [0, 0.05) is 12.3 Å². The highest BCUT2D eigenvalue weighted by atomic mass is 32.2. The Morgan fingerprint density at radius 3 is 2.75 bits per heavy atom. The second-order valence-corrected chi connectivity index (χ2v) is 7.76. The van der Waals surface area contributed by atoms with E-state index >= 15 is 0 Å². The third-order valence-corrected chi connectivity index (χ3v) is 6.01.